The van der Waals surface area contributed by atoms with Crippen molar-refractivity contribution in [3.05, 3.63) is 83.9 Å². The number of fused-ring (bicyclic) bond motifs is 1. The Hall–Kier alpha value is -2.72. The van der Waals surface area contributed by atoms with E-state index in [9.17, 15) is 5.11 Å². The molecular formula is C22H19NO2S. The first-order valence-electron chi connectivity index (χ1n) is 8.50. The molecule has 1 aliphatic rings. The summed E-state index contributed by atoms with van der Waals surface area (Å²) in [5.74, 6) is 1.12. The summed E-state index contributed by atoms with van der Waals surface area (Å²) in [6.07, 6.45) is 0.739. The molecule has 26 heavy (non-hydrogen) atoms. The number of ether oxygens (including phenoxy) is 1. The number of benzene rings is 3. The molecule has 0 saturated heterocycles. The molecule has 4 rings (SSSR count). The third-order valence-electron chi connectivity index (χ3n) is 4.47. The van der Waals surface area contributed by atoms with Gasteiger partial charge in [-0.3, -0.25) is 4.99 Å². The molecule has 130 valence electrons. The van der Waals surface area contributed by atoms with E-state index in [1.807, 2.05) is 60.3 Å². The van der Waals surface area contributed by atoms with Crippen molar-refractivity contribution < 1.29 is 9.84 Å². The number of nitrogens with zero attached hydrogens (tertiary/aromatic N) is 1. The zero-order chi connectivity index (χ0) is 17.9. The van der Waals surface area contributed by atoms with E-state index in [4.69, 9.17) is 9.73 Å². The van der Waals surface area contributed by atoms with Gasteiger partial charge in [0, 0.05) is 22.1 Å². The number of para-hydroxylation sites is 2. The highest BCUT2D eigenvalue weighted by Crippen LogP contribution is 2.46. The smallest absolute Gasteiger partial charge is 0.124 e. The first-order valence-corrected chi connectivity index (χ1v) is 9.38. The fourth-order valence-electron chi connectivity index (χ4n) is 3.10. The summed E-state index contributed by atoms with van der Waals surface area (Å²) in [5, 5.41) is 10.5. The van der Waals surface area contributed by atoms with Crippen LogP contribution in [-0.2, 0) is 0 Å². The molecule has 0 aromatic heterocycles. The highest BCUT2D eigenvalue weighted by Gasteiger charge is 2.23. The standard InChI is InChI=1S/C22H19NO2S/c1-25-16-12-10-15(11-13-16)22-14-19(17-6-2-4-8-20(17)24)23-18-7-3-5-9-21(18)26-22/h2-13,22,24H,14H2,1H3/t22-/m1/s1. The predicted molar refractivity (Wildman–Crippen MR) is 107 cm³/mol. The van der Waals surface area contributed by atoms with E-state index < -0.39 is 0 Å². The normalized spacial score (nSPS) is 16.3. The molecule has 1 N–H and O–H groups in total. The Kier molecular flexibility index (Phi) is 4.67. The molecule has 0 radical (unpaired) electrons. The lowest BCUT2D eigenvalue weighted by Gasteiger charge is -2.17. The van der Waals surface area contributed by atoms with Crippen LogP contribution in [-0.4, -0.2) is 17.9 Å². The van der Waals surface area contributed by atoms with Crippen molar-refractivity contribution in [3.63, 3.8) is 0 Å². The second-order valence-electron chi connectivity index (χ2n) is 6.13. The van der Waals surface area contributed by atoms with Gasteiger partial charge in [0.2, 0.25) is 0 Å². The molecule has 3 nitrogen and oxygen atoms in total. The van der Waals surface area contributed by atoms with Crippen molar-refractivity contribution in [3.8, 4) is 11.5 Å². The zero-order valence-corrected chi connectivity index (χ0v) is 15.2. The topological polar surface area (TPSA) is 41.8 Å². The van der Waals surface area contributed by atoms with Crippen molar-refractivity contribution >= 4 is 23.2 Å². The van der Waals surface area contributed by atoms with Crippen molar-refractivity contribution in [2.24, 2.45) is 4.99 Å². The molecular weight excluding hydrogens is 342 g/mol. The van der Waals surface area contributed by atoms with Gasteiger partial charge in [-0.15, -0.1) is 11.8 Å². The van der Waals surface area contributed by atoms with Crippen LogP contribution < -0.4 is 4.74 Å². The second-order valence-corrected chi connectivity index (χ2v) is 7.37. The lowest BCUT2D eigenvalue weighted by Crippen LogP contribution is -2.05. The van der Waals surface area contributed by atoms with Crippen molar-refractivity contribution in [2.45, 2.75) is 16.6 Å². The highest BCUT2D eigenvalue weighted by molar-refractivity contribution is 7.99. The maximum absolute atomic E-state index is 10.3. The van der Waals surface area contributed by atoms with Gasteiger partial charge < -0.3 is 9.84 Å². The monoisotopic (exact) mass is 361 g/mol. The van der Waals surface area contributed by atoms with E-state index in [0.29, 0.717) is 0 Å². The number of rotatable bonds is 3. The van der Waals surface area contributed by atoms with Crippen LogP contribution in [0.15, 0.2) is 82.7 Å². The summed E-state index contributed by atoms with van der Waals surface area (Å²) in [6.45, 7) is 0. The number of phenolic OH excluding ortho intramolecular Hbond substituents is 1. The van der Waals surface area contributed by atoms with Crippen LogP contribution in [0, 0.1) is 0 Å². The first-order chi connectivity index (χ1) is 12.7. The zero-order valence-electron chi connectivity index (χ0n) is 14.4. The van der Waals surface area contributed by atoms with Gasteiger partial charge in [0.05, 0.1) is 18.5 Å². The number of aliphatic imine (C=N–C) groups is 1. The van der Waals surface area contributed by atoms with E-state index in [1.54, 1.807) is 13.2 Å². The van der Waals surface area contributed by atoms with Gasteiger partial charge in [-0.2, -0.15) is 0 Å². The van der Waals surface area contributed by atoms with Crippen molar-refractivity contribution in [1.29, 1.82) is 0 Å². The molecule has 1 aliphatic heterocycles. The number of phenols is 1. The van der Waals surface area contributed by atoms with Gasteiger partial charge in [-0.1, -0.05) is 36.4 Å². The quantitative estimate of drug-likeness (QED) is 0.645. The Bertz CT molecular complexity index is 950. The van der Waals surface area contributed by atoms with Crippen LogP contribution in [0.1, 0.15) is 22.8 Å². The molecule has 4 heteroatoms. The molecule has 0 unspecified atom stereocenters. The molecule has 1 heterocycles. The van der Waals surface area contributed by atoms with Gasteiger partial charge in [-0.25, -0.2) is 0 Å². The lowest BCUT2D eigenvalue weighted by molar-refractivity contribution is 0.414. The fraction of sp³-hybridized carbons (Fsp3) is 0.136. The summed E-state index contributed by atoms with van der Waals surface area (Å²) in [5.41, 5.74) is 3.87. The Morgan fingerprint density at radius 2 is 1.69 bits per heavy atom. The van der Waals surface area contributed by atoms with E-state index in [-0.39, 0.29) is 11.0 Å². The number of hydrogen-bond acceptors (Lipinski definition) is 4. The molecule has 0 bridgehead atoms. The van der Waals surface area contributed by atoms with Crippen LogP contribution in [0.5, 0.6) is 11.5 Å². The van der Waals surface area contributed by atoms with Crippen LogP contribution in [0.25, 0.3) is 0 Å². The molecule has 0 fully saturated rings. The highest BCUT2D eigenvalue weighted by atomic mass is 32.2. The van der Waals surface area contributed by atoms with Crippen LogP contribution in [0.2, 0.25) is 0 Å². The minimum absolute atomic E-state index is 0.211. The Morgan fingerprint density at radius 3 is 2.46 bits per heavy atom. The van der Waals surface area contributed by atoms with Crippen LogP contribution in [0.3, 0.4) is 0 Å². The minimum atomic E-state index is 0.211. The Morgan fingerprint density at radius 1 is 0.962 bits per heavy atom. The molecule has 0 amide bonds. The average Bonchev–Trinajstić information content (AvgIpc) is 2.88. The van der Waals surface area contributed by atoms with E-state index in [1.165, 1.54) is 5.56 Å². The maximum Gasteiger partial charge on any atom is 0.124 e. The number of aromatic hydroxyl groups is 1. The second kappa shape index (κ2) is 7.26. The fourth-order valence-corrected chi connectivity index (χ4v) is 4.34. The summed E-state index contributed by atoms with van der Waals surface area (Å²) in [7, 11) is 1.68. The van der Waals surface area contributed by atoms with Crippen LogP contribution in [0.4, 0.5) is 5.69 Å². The summed E-state index contributed by atoms with van der Waals surface area (Å²) < 4.78 is 5.28. The SMILES string of the molecule is COc1ccc([C@H]2CC(c3ccccc3O)=Nc3ccccc3S2)cc1. The lowest BCUT2D eigenvalue weighted by atomic mass is 10.0. The summed E-state index contributed by atoms with van der Waals surface area (Å²) >= 11 is 1.81. The van der Waals surface area contributed by atoms with E-state index in [0.717, 1.165) is 34.0 Å². The van der Waals surface area contributed by atoms with Gasteiger partial charge in [0.15, 0.2) is 0 Å². The van der Waals surface area contributed by atoms with Gasteiger partial charge in [0.1, 0.15) is 11.5 Å². The predicted octanol–water partition coefficient (Wildman–Crippen LogP) is 5.76. The minimum Gasteiger partial charge on any atom is -0.507 e. The third-order valence-corrected chi connectivity index (χ3v) is 5.79. The van der Waals surface area contributed by atoms with Crippen LogP contribution >= 0.6 is 11.8 Å². The van der Waals surface area contributed by atoms with Crippen molar-refractivity contribution in [2.75, 3.05) is 7.11 Å². The molecule has 0 spiro atoms. The molecule has 3 aromatic carbocycles. The molecule has 0 saturated carbocycles. The van der Waals surface area contributed by atoms with E-state index >= 15 is 0 Å². The van der Waals surface area contributed by atoms with Crippen molar-refractivity contribution in [1.82, 2.24) is 0 Å². The first kappa shape index (κ1) is 16.7. The Labute approximate surface area is 157 Å². The van der Waals surface area contributed by atoms with E-state index in [2.05, 4.69) is 18.2 Å². The largest absolute Gasteiger partial charge is 0.507 e. The average molecular weight is 361 g/mol. The van der Waals surface area contributed by atoms with Gasteiger partial charge >= 0.3 is 0 Å². The summed E-state index contributed by atoms with van der Waals surface area (Å²) in [4.78, 5) is 6.04. The Balaban J connectivity index is 1.78. The molecule has 3 aromatic rings. The number of methoxy groups -OCH3 is 1. The van der Waals surface area contributed by atoms with Gasteiger partial charge in [0.25, 0.3) is 0 Å². The summed E-state index contributed by atoms with van der Waals surface area (Å²) in [6, 6.07) is 23.8. The van der Waals surface area contributed by atoms with Gasteiger partial charge in [-0.05, 0) is 42.0 Å². The number of thioether (sulfide) groups is 1. The number of hydrogen-bond donors (Lipinski definition) is 1. The third kappa shape index (κ3) is 3.33. The maximum atomic E-state index is 10.3. The molecule has 0 aliphatic carbocycles. The molecule has 1 atom stereocenters.